The number of nitrogen functional groups attached to an aromatic ring is 2. The van der Waals surface area contributed by atoms with E-state index in [1.54, 1.807) is 0 Å². The van der Waals surface area contributed by atoms with Crippen molar-refractivity contribution in [2.24, 2.45) is 0 Å². The fourth-order valence-electron chi connectivity index (χ4n) is 4.84. The summed E-state index contributed by atoms with van der Waals surface area (Å²) in [5, 5.41) is 4.50. The Labute approximate surface area is 235 Å². The fourth-order valence-corrected chi connectivity index (χ4v) is 4.84. The van der Waals surface area contributed by atoms with Gasteiger partial charge in [0.15, 0.2) is 0 Å². The molecule has 6 rings (SSSR count). The molecule has 4 nitrogen and oxygen atoms in total. The molecule has 0 radical (unpaired) electrons. The SMILES string of the molecule is Nc1ccc(-c2ccc(N(c3ccccc3)N(c3ccccc3)c3ccc(-c4ccc(N)cc4)cc3)cc2)cc1. The Balaban J connectivity index is 1.45. The molecule has 0 heterocycles. The third-order valence-corrected chi connectivity index (χ3v) is 6.91. The molecule has 0 amide bonds. The lowest BCUT2D eigenvalue weighted by atomic mass is 10.0. The average Bonchev–Trinajstić information content (AvgIpc) is 3.02. The average molecular weight is 519 g/mol. The predicted molar refractivity (Wildman–Crippen MR) is 170 cm³/mol. The fraction of sp³-hybridized carbons (Fsp3) is 0. The number of nitrogens with zero attached hydrogens (tertiary/aromatic N) is 2. The van der Waals surface area contributed by atoms with E-state index in [1.165, 1.54) is 0 Å². The van der Waals surface area contributed by atoms with Crippen LogP contribution in [0.25, 0.3) is 22.3 Å². The van der Waals surface area contributed by atoms with Crippen LogP contribution in [0.1, 0.15) is 0 Å². The number of hydrogen-bond donors (Lipinski definition) is 2. The Hall–Kier alpha value is -5.48. The van der Waals surface area contributed by atoms with Crippen LogP contribution in [0.15, 0.2) is 158 Å². The molecule has 0 saturated heterocycles. The first-order valence-electron chi connectivity index (χ1n) is 13.3. The van der Waals surface area contributed by atoms with Gasteiger partial charge in [0.2, 0.25) is 0 Å². The lowest BCUT2D eigenvalue weighted by Gasteiger charge is -2.38. The standard InChI is InChI=1S/C36H30N4/c37-31-19-11-27(12-20-31)29-15-23-35(24-16-29)39(33-7-3-1-4-8-33)40(34-9-5-2-6-10-34)36-25-17-30(18-26-36)28-13-21-32(38)22-14-28/h1-26H,37-38H2. The normalized spacial score (nSPS) is 10.7. The van der Waals surface area contributed by atoms with Crippen molar-refractivity contribution >= 4 is 34.1 Å². The van der Waals surface area contributed by atoms with Gasteiger partial charge >= 0.3 is 0 Å². The maximum Gasteiger partial charge on any atom is 0.0637 e. The van der Waals surface area contributed by atoms with Crippen molar-refractivity contribution in [2.75, 3.05) is 21.5 Å². The number of nitrogens with two attached hydrogens (primary N) is 2. The van der Waals surface area contributed by atoms with Gasteiger partial charge in [-0.15, -0.1) is 0 Å². The monoisotopic (exact) mass is 518 g/mol. The molecule has 0 saturated carbocycles. The summed E-state index contributed by atoms with van der Waals surface area (Å²) < 4.78 is 0. The predicted octanol–water partition coefficient (Wildman–Crippen LogP) is 9.08. The molecular weight excluding hydrogens is 488 g/mol. The van der Waals surface area contributed by atoms with Crippen LogP contribution < -0.4 is 21.5 Å². The number of hydrogen-bond acceptors (Lipinski definition) is 4. The van der Waals surface area contributed by atoms with Gasteiger partial charge in [0.05, 0.1) is 22.7 Å². The maximum absolute atomic E-state index is 5.91. The van der Waals surface area contributed by atoms with Crippen molar-refractivity contribution in [3.63, 3.8) is 0 Å². The van der Waals surface area contributed by atoms with E-state index in [1.807, 2.05) is 36.4 Å². The third kappa shape index (κ3) is 5.24. The van der Waals surface area contributed by atoms with Crippen LogP contribution in [0, 0.1) is 0 Å². The molecule has 0 aliphatic rings. The van der Waals surface area contributed by atoms with Crippen molar-refractivity contribution < 1.29 is 0 Å². The maximum atomic E-state index is 5.91. The van der Waals surface area contributed by atoms with Crippen LogP contribution in [0.5, 0.6) is 0 Å². The molecule has 0 bridgehead atoms. The second-order valence-corrected chi connectivity index (χ2v) is 9.63. The number of anilines is 6. The quantitative estimate of drug-likeness (QED) is 0.163. The van der Waals surface area contributed by atoms with E-state index in [-0.39, 0.29) is 0 Å². The van der Waals surface area contributed by atoms with E-state index >= 15 is 0 Å². The van der Waals surface area contributed by atoms with Crippen molar-refractivity contribution in [1.82, 2.24) is 0 Å². The van der Waals surface area contributed by atoms with Crippen molar-refractivity contribution in [1.29, 1.82) is 0 Å². The van der Waals surface area contributed by atoms with E-state index in [2.05, 4.69) is 131 Å². The molecule has 0 fully saturated rings. The molecule has 0 aliphatic carbocycles. The van der Waals surface area contributed by atoms with Crippen LogP contribution >= 0.6 is 0 Å². The summed E-state index contributed by atoms with van der Waals surface area (Å²) in [4.78, 5) is 0. The zero-order valence-electron chi connectivity index (χ0n) is 22.1. The molecule has 0 aromatic heterocycles. The van der Waals surface area contributed by atoms with E-state index in [9.17, 15) is 0 Å². The van der Waals surface area contributed by atoms with E-state index in [0.717, 1.165) is 56.4 Å². The van der Waals surface area contributed by atoms with Gasteiger partial charge in [-0.2, -0.15) is 0 Å². The highest BCUT2D eigenvalue weighted by Gasteiger charge is 2.21. The van der Waals surface area contributed by atoms with Crippen LogP contribution in [-0.2, 0) is 0 Å². The van der Waals surface area contributed by atoms with Crippen LogP contribution in [0.2, 0.25) is 0 Å². The van der Waals surface area contributed by atoms with Gasteiger partial charge in [-0.25, -0.2) is 10.0 Å². The molecule has 6 aromatic carbocycles. The van der Waals surface area contributed by atoms with Crippen LogP contribution in [0.3, 0.4) is 0 Å². The molecule has 194 valence electrons. The molecule has 0 unspecified atom stereocenters. The topological polar surface area (TPSA) is 58.5 Å². The largest absolute Gasteiger partial charge is 0.399 e. The Bertz CT molecular complexity index is 1530. The highest BCUT2D eigenvalue weighted by atomic mass is 15.6. The number of rotatable bonds is 7. The second-order valence-electron chi connectivity index (χ2n) is 9.63. The van der Waals surface area contributed by atoms with E-state index in [0.29, 0.717) is 0 Å². The molecular formula is C36H30N4. The number of benzene rings is 6. The molecule has 4 N–H and O–H groups in total. The molecule has 0 aliphatic heterocycles. The zero-order valence-corrected chi connectivity index (χ0v) is 22.1. The summed E-state index contributed by atoms with van der Waals surface area (Å²) in [6.45, 7) is 0. The van der Waals surface area contributed by atoms with Gasteiger partial charge in [-0.05, 0) is 95.1 Å². The van der Waals surface area contributed by atoms with E-state index < -0.39 is 0 Å². The summed E-state index contributed by atoms with van der Waals surface area (Å²) in [5.41, 5.74) is 22.0. The highest BCUT2D eigenvalue weighted by Crippen LogP contribution is 2.38. The Morgan fingerprint density at radius 2 is 0.525 bits per heavy atom. The molecule has 0 atom stereocenters. The number of para-hydroxylation sites is 2. The number of hydrazine groups is 1. The summed E-state index contributed by atoms with van der Waals surface area (Å²) in [6, 6.07) is 54.1. The van der Waals surface area contributed by atoms with Crippen LogP contribution in [-0.4, -0.2) is 0 Å². The Kier molecular flexibility index (Phi) is 6.89. The lowest BCUT2D eigenvalue weighted by molar-refractivity contribution is 0.990. The molecule has 0 spiro atoms. The van der Waals surface area contributed by atoms with Gasteiger partial charge in [0.25, 0.3) is 0 Å². The van der Waals surface area contributed by atoms with E-state index in [4.69, 9.17) is 11.5 Å². The minimum atomic E-state index is 0.761. The summed E-state index contributed by atoms with van der Waals surface area (Å²) >= 11 is 0. The second kappa shape index (κ2) is 11.1. The Morgan fingerprint density at radius 1 is 0.275 bits per heavy atom. The molecule has 6 aromatic rings. The van der Waals surface area contributed by atoms with Crippen LogP contribution in [0.4, 0.5) is 34.1 Å². The minimum absolute atomic E-state index is 0.761. The van der Waals surface area contributed by atoms with Crippen molar-refractivity contribution in [2.45, 2.75) is 0 Å². The van der Waals surface area contributed by atoms with Crippen molar-refractivity contribution in [3.8, 4) is 22.3 Å². The van der Waals surface area contributed by atoms with Gasteiger partial charge in [0.1, 0.15) is 0 Å². The lowest BCUT2D eigenvalue weighted by Crippen LogP contribution is -2.35. The summed E-state index contributed by atoms with van der Waals surface area (Å²) in [5.74, 6) is 0. The zero-order chi connectivity index (χ0) is 27.3. The Morgan fingerprint density at radius 3 is 0.825 bits per heavy atom. The first kappa shape index (κ1) is 24.8. The third-order valence-electron chi connectivity index (χ3n) is 6.91. The molecule has 40 heavy (non-hydrogen) atoms. The first-order chi connectivity index (χ1) is 19.7. The first-order valence-corrected chi connectivity index (χ1v) is 13.3. The smallest absolute Gasteiger partial charge is 0.0637 e. The van der Waals surface area contributed by atoms with Gasteiger partial charge < -0.3 is 11.5 Å². The van der Waals surface area contributed by atoms with Gasteiger partial charge in [0, 0.05) is 11.4 Å². The summed E-state index contributed by atoms with van der Waals surface area (Å²) in [7, 11) is 0. The minimum Gasteiger partial charge on any atom is -0.399 e. The summed E-state index contributed by atoms with van der Waals surface area (Å²) in [6.07, 6.45) is 0. The highest BCUT2D eigenvalue weighted by molar-refractivity contribution is 5.80. The van der Waals surface area contributed by atoms with Gasteiger partial charge in [-0.1, -0.05) is 84.9 Å². The van der Waals surface area contributed by atoms with Crippen molar-refractivity contribution in [3.05, 3.63) is 158 Å². The molecule has 4 heteroatoms. The van der Waals surface area contributed by atoms with Gasteiger partial charge in [-0.3, -0.25) is 0 Å².